The van der Waals surface area contributed by atoms with Crippen LogP contribution in [0.3, 0.4) is 0 Å². The molecule has 6 heteroatoms. The highest BCUT2D eigenvalue weighted by atomic mass is 16.1. The third-order valence-electron chi connectivity index (χ3n) is 3.52. The van der Waals surface area contributed by atoms with Gasteiger partial charge in [0.05, 0.1) is 5.69 Å². The topological polar surface area (TPSA) is 72.7 Å². The first-order chi connectivity index (χ1) is 9.33. The smallest absolute Gasteiger partial charge is 0.251 e. The molecule has 0 aliphatic heterocycles. The summed E-state index contributed by atoms with van der Waals surface area (Å²) in [4.78, 5) is 11.9. The Bertz CT molecular complexity index is 545. The van der Waals surface area contributed by atoms with Crippen molar-refractivity contribution >= 4 is 5.91 Å². The monoisotopic (exact) mass is 257 g/mol. The first kappa shape index (κ1) is 11.8. The molecule has 0 radical (unpaired) electrons. The molecule has 1 aromatic heterocycles. The van der Waals surface area contributed by atoms with E-state index in [1.807, 2.05) is 12.1 Å². The third kappa shape index (κ3) is 2.62. The zero-order chi connectivity index (χ0) is 13.1. The van der Waals surface area contributed by atoms with Gasteiger partial charge in [0, 0.05) is 12.1 Å². The van der Waals surface area contributed by atoms with Crippen LogP contribution in [0.5, 0.6) is 0 Å². The summed E-state index contributed by atoms with van der Waals surface area (Å²) >= 11 is 0. The quantitative estimate of drug-likeness (QED) is 0.893. The van der Waals surface area contributed by atoms with Crippen LogP contribution in [0.25, 0.3) is 5.69 Å². The fraction of sp³-hybridized carbons (Fsp3) is 0.385. The molecule has 0 atom stereocenters. The molecule has 1 aliphatic rings. The van der Waals surface area contributed by atoms with Crippen molar-refractivity contribution in [2.75, 3.05) is 6.54 Å². The van der Waals surface area contributed by atoms with Crippen molar-refractivity contribution in [1.82, 2.24) is 25.5 Å². The van der Waals surface area contributed by atoms with Crippen molar-refractivity contribution < 1.29 is 4.79 Å². The summed E-state index contributed by atoms with van der Waals surface area (Å²) in [5, 5.41) is 13.9. The lowest BCUT2D eigenvalue weighted by atomic mass is 9.85. The molecule has 6 nitrogen and oxygen atoms in total. The molecule has 2 aromatic rings. The number of carbonyl (C=O) groups excluding carboxylic acids is 1. The van der Waals surface area contributed by atoms with Gasteiger partial charge in [-0.05, 0) is 53.5 Å². The molecule has 0 bridgehead atoms. The Labute approximate surface area is 110 Å². The van der Waals surface area contributed by atoms with Gasteiger partial charge < -0.3 is 5.32 Å². The Kier molecular flexibility index (Phi) is 3.22. The van der Waals surface area contributed by atoms with E-state index >= 15 is 0 Å². The number of aromatic nitrogens is 4. The van der Waals surface area contributed by atoms with Gasteiger partial charge in [0.2, 0.25) is 0 Å². The Morgan fingerprint density at radius 1 is 1.32 bits per heavy atom. The van der Waals surface area contributed by atoms with Gasteiger partial charge >= 0.3 is 0 Å². The first-order valence-corrected chi connectivity index (χ1v) is 6.44. The summed E-state index contributed by atoms with van der Waals surface area (Å²) in [6.45, 7) is 0.785. The minimum absolute atomic E-state index is 0.0184. The molecule has 98 valence electrons. The Morgan fingerprint density at radius 3 is 2.68 bits per heavy atom. The van der Waals surface area contributed by atoms with Crippen molar-refractivity contribution in [3.63, 3.8) is 0 Å². The van der Waals surface area contributed by atoms with Gasteiger partial charge in [0.25, 0.3) is 5.91 Å². The van der Waals surface area contributed by atoms with Crippen LogP contribution in [0, 0.1) is 5.92 Å². The van der Waals surface area contributed by atoms with E-state index in [0.717, 1.165) is 12.2 Å². The molecule has 1 amide bonds. The summed E-state index contributed by atoms with van der Waals surface area (Å²) in [5.74, 6) is 0.652. The van der Waals surface area contributed by atoms with Crippen LogP contribution in [0.2, 0.25) is 0 Å². The second-order valence-electron chi connectivity index (χ2n) is 4.81. The summed E-state index contributed by atoms with van der Waals surface area (Å²) < 4.78 is 1.55. The van der Waals surface area contributed by atoms with Gasteiger partial charge in [-0.2, -0.15) is 0 Å². The molecule has 0 spiro atoms. The van der Waals surface area contributed by atoms with Crippen molar-refractivity contribution in [2.45, 2.75) is 19.3 Å². The zero-order valence-electron chi connectivity index (χ0n) is 10.5. The molecular formula is C13H15N5O. The standard InChI is InChI=1S/C13H15N5O/c19-13(14-8-10-2-1-3-10)11-4-6-12(7-5-11)18-9-15-16-17-18/h4-7,9-10H,1-3,8H2,(H,14,19). The Balaban J connectivity index is 1.63. The molecule has 3 rings (SSSR count). The van der Waals surface area contributed by atoms with E-state index in [0.29, 0.717) is 11.5 Å². The highest BCUT2D eigenvalue weighted by Crippen LogP contribution is 2.25. The van der Waals surface area contributed by atoms with E-state index in [1.54, 1.807) is 16.8 Å². The van der Waals surface area contributed by atoms with Gasteiger partial charge in [-0.1, -0.05) is 6.42 Å². The van der Waals surface area contributed by atoms with Gasteiger partial charge in [0.1, 0.15) is 6.33 Å². The molecule has 0 unspecified atom stereocenters. The fourth-order valence-corrected chi connectivity index (χ4v) is 2.08. The van der Waals surface area contributed by atoms with Crippen molar-refractivity contribution in [3.05, 3.63) is 36.2 Å². The van der Waals surface area contributed by atoms with Crippen LogP contribution < -0.4 is 5.32 Å². The largest absolute Gasteiger partial charge is 0.352 e. The van der Waals surface area contributed by atoms with E-state index in [1.165, 1.54) is 25.6 Å². The first-order valence-electron chi connectivity index (χ1n) is 6.44. The summed E-state index contributed by atoms with van der Waals surface area (Å²) in [7, 11) is 0. The van der Waals surface area contributed by atoms with Crippen LogP contribution in [0.4, 0.5) is 0 Å². The highest BCUT2D eigenvalue weighted by molar-refractivity contribution is 5.94. The van der Waals surface area contributed by atoms with E-state index in [4.69, 9.17) is 0 Å². The number of rotatable bonds is 4. The van der Waals surface area contributed by atoms with Crippen LogP contribution in [-0.4, -0.2) is 32.7 Å². The van der Waals surface area contributed by atoms with Gasteiger partial charge in [0.15, 0.2) is 0 Å². The molecule has 1 N–H and O–H groups in total. The number of nitrogens with zero attached hydrogens (tertiary/aromatic N) is 4. The molecule has 1 saturated carbocycles. The number of tetrazole rings is 1. The second-order valence-corrected chi connectivity index (χ2v) is 4.81. The molecular weight excluding hydrogens is 242 g/mol. The molecule has 1 aliphatic carbocycles. The van der Waals surface area contributed by atoms with Gasteiger partial charge in [-0.25, -0.2) is 4.68 Å². The SMILES string of the molecule is O=C(NCC1CCC1)c1ccc(-n2cnnn2)cc1. The van der Waals surface area contributed by atoms with Gasteiger partial charge in [-0.3, -0.25) is 4.79 Å². The molecule has 19 heavy (non-hydrogen) atoms. The molecule has 0 saturated heterocycles. The zero-order valence-corrected chi connectivity index (χ0v) is 10.5. The van der Waals surface area contributed by atoms with E-state index < -0.39 is 0 Å². The maximum atomic E-state index is 11.9. The lowest BCUT2D eigenvalue weighted by Gasteiger charge is -2.25. The molecule has 1 aromatic carbocycles. The lowest BCUT2D eigenvalue weighted by Crippen LogP contribution is -2.32. The normalized spacial score (nSPS) is 14.9. The fourth-order valence-electron chi connectivity index (χ4n) is 2.08. The van der Waals surface area contributed by atoms with Gasteiger partial charge in [-0.15, -0.1) is 5.10 Å². The van der Waals surface area contributed by atoms with E-state index in [2.05, 4.69) is 20.8 Å². The maximum absolute atomic E-state index is 11.9. The number of amides is 1. The average Bonchev–Trinajstić information content (AvgIpc) is 2.91. The number of benzene rings is 1. The number of hydrogen-bond acceptors (Lipinski definition) is 4. The van der Waals surface area contributed by atoms with Crippen LogP contribution in [-0.2, 0) is 0 Å². The minimum Gasteiger partial charge on any atom is -0.352 e. The predicted octanol–water partition coefficient (Wildman–Crippen LogP) is 1.19. The van der Waals surface area contributed by atoms with Crippen molar-refractivity contribution in [2.24, 2.45) is 5.92 Å². The van der Waals surface area contributed by atoms with E-state index in [9.17, 15) is 4.79 Å². The second kappa shape index (κ2) is 5.17. The maximum Gasteiger partial charge on any atom is 0.251 e. The third-order valence-corrected chi connectivity index (χ3v) is 3.52. The number of carbonyl (C=O) groups is 1. The van der Waals surface area contributed by atoms with E-state index in [-0.39, 0.29) is 5.91 Å². The average molecular weight is 257 g/mol. The molecule has 1 heterocycles. The lowest BCUT2D eigenvalue weighted by molar-refractivity contribution is 0.0939. The van der Waals surface area contributed by atoms with Crippen LogP contribution in [0.15, 0.2) is 30.6 Å². The Morgan fingerprint density at radius 2 is 2.11 bits per heavy atom. The Hall–Kier alpha value is -2.24. The molecule has 1 fully saturated rings. The minimum atomic E-state index is -0.0184. The summed E-state index contributed by atoms with van der Waals surface area (Å²) in [6, 6.07) is 7.23. The predicted molar refractivity (Wildman–Crippen MR) is 68.8 cm³/mol. The van der Waals surface area contributed by atoms with Crippen molar-refractivity contribution in [1.29, 1.82) is 0 Å². The summed E-state index contributed by atoms with van der Waals surface area (Å²) in [6.07, 6.45) is 5.28. The number of nitrogens with one attached hydrogen (secondary N) is 1. The van der Waals surface area contributed by atoms with Crippen molar-refractivity contribution in [3.8, 4) is 5.69 Å². The van der Waals surface area contributed by atoms with Crippen LogP contribution >= 0.6 is 0 Å². The summed E-state index contributed by atoms with van der Waals surface area (Å²) in [5.41, 5.74) is 1.50. The number of hydrogen-bond donors (Lipinski definition) is 1. The van der Waals surface area contributed by atoms with Crippen LogP contribution in [0.1, 0.15) is 29.6 Å². The highest BCUT2D eigenvalue weighted by Gasteiger charge is 2.18.